The van der Waals surface area contributed by atoms with Crippen LogP contribution in [0.4, 0.5) is 11.5 Å². The number of hydrogen-bond acceptors (Lipinski definition) is 4. The van der Waals surface area contributed by atoms with E-state index in [1.54, 1.807) is 60.8 Å². The second kappa shape index (κ2) is 6.23. The maximum absolute atomic E-state index is 13.2. The number of hydrogen-bond donors (Lipinski definition) is 0. The molecule has 1 aliphatic rings. The van der Waals surface area contributed by atoms with E-state index in [9.17, 15) is 13.2 Å². The van der Waals surface area contributed by atoms with Crippen molar-refractivity contribution < 1.29 is 13.2 Å². The summed E-state index contributed by atoms with van der Waals surface area (Å²) in [7, 11) is -3.92. The van der Waals surface area contributed by atoms with E-state index >= 15 is 0 Å². The molecule has 130 valence electrons. The van der Waals surface area contributed by atoms with Crippen LogP contribution >= 0.6 is 11.6 Å². The molecule has 26 heavy (non-hydrogen) atoms. The summed E-state index contributed by atoms with van der Waals surface area (Å²) in [5, 5.41) is -0.922. The van der Waals surface area contributed by atoms with Crippen molar-refractivity contribution in [1.82, 2.24) is 4.98 Å². The fourth-order valence-corrected chi connectivity index (χ4v) is 4.95. The number of sulfone groups is 1. The molecule has 0 radical (unpaired) electrons. The van der Waals surface area contributed by atoms with E-state index in [1.807, 2.05) is 0 Å². The Bertz CT molecular complexity index is 1090. The first-order valence-corrected chi connectivity index (χ1v) is 9.76. The summed E-state index contributed by atoms with van der Waals surface area (Å²) in [4.78, 5) is 18.8. The van der Waals surface area contributed by atoms with Gasteiger partial charge < -0.3 is 0 Å². The molecule has 0 saturated carbocycles. The molecule has 0 saturated heterocycles. The summed E-state index contributed by atoms with van der Waals surface area (Å²) in [5.74, 6) is -0.211. The van der Waals surface area contributed by atoms with Gasteiger partial charge in [-0.15, -0.1) is 0 Å². The van der Waals surface area contributed by atoms with E-state index in [2.05, 4.69) is 4.98 Å². The van der Waals surface area contributed by atoms with Gasteiger partial charge in [-0.05, 0) is 36.4 Å². The molecule has 1 unspecified atom stereocenters. The van der Waals surface area contributed by atoms with E-state index < -0.39 is 21.0 Å². The van der Waals surface area contributed by atoms with Crippen LogP contribution in [-0.4, -0.2) is 19.3 Å². The Hall–Kier alpha value is -2.70. The van der Waals surface area contributed by atoms with Crippen molar-refractivity contribution in [3.05, 3.63) is 83.5 Å². The third kappa shape index (κ3) is 2.58. The summed E-state index contributed by atoms with van der Waals surface area (Å²) < 4.78 is 26.3. The Morgan fingerprint density at radius 2 is 1.69 bits per heavy atom. The predicted octanol–water partition coefficient (Wildman–Crippen LogP) is 3.93. The molecule has 3 aromatic rings. The van der Waals surface area contributed by atoms with Crippen LogP contribution in [0.25, 0.3) is 0 Å². The number of carbonyl (C=O) groups is 1. The maximum Gasteiger partial charge on any atom is 0.256 e. The lowest BCUT2D eigenvalue weighted by Gasteiger charge is -2.17. The van der Waals surface area contributed by atoms with Crippen LogP contribution in [0.15, 0.2) is 77.8 Å². The molecule has 1 amide bonds. The number of aromatic nitrogens is 1. The first kappa shape index (κ1) is 16.8. The van der Waals surface area contributed by atoms with E-state index in [-0.39, 0.29) is 4.90 Å². The van der Waals surface area contributed by atoms with Crippen LogP contribution < -0.4 is 4.90 Å². The summed E-state index contributed by atoms with van der Waals surface area (Å²) >= 11 is 6.10. The number of halogens is 1. The highest BCUT2D eigenvalue weighted by molar-refractivity contribution is 7.92. The van der Waals surface area contributed by atoms with Crippen molar-refractivity contribution in [2.45, 2.75) is 10.1 Å². The van der Waals surface area contributed by atoms with Crippen LogP contribution in [0.2, 0.25) is 5.02 Å². The smallest absolute Gasteiger partial charge is 0.256 e. The number of fused-ring (bicyclic) bond motifs is 1. The van der Waals surface area contributed by atoms with Crippen LogP contribution in [0.1, 0.15) is 10.8 Å². The molecule has 1 aromatic heterocycles. The summed E-state index contributed by atoms with van der Waals surface area (Å²) in [6.45, 7) is 0. The Morgan fingerprint density at radius 3 is 2.38 bits per heavy atom. The third-order valence-corrected chi connectivity index (χ3v) is 6.46. The maximum atomic E-state index is 13.2. The van der Waals surface area contributed by atoms with Crippen molar-refractivity contribution in [3.8, 4) is 0 Å². The second-order valence-corrected chi connectivity index (χ2v) is 8.27. The van der Waals surface area contributed by atoms with Gasteiger partial charge in [0.2, 0.25) is 0 Å². The summed E-state index contributed by atoms with van der Waals surface area (Å²) in [6, 6.07) is 17.8. The van der Waals surface area contributed by atoms with Crippen molar-refractivity contribution >= 4 is 38.9 Å². The predicted molar refractivity (Wildman–Crippen MR) is 99.2 cm³/mol. The first-order valence-electron chi connectivity index (χ1n) is 7.83. The quantitative estimate of drug-likeness (QED) is 0.686. The number of carbonyl (C=O) groups excluding carboxylic acids is 1. The van der Waals surface area contributed by atoms with Gasteiger partial charge in [0.25, 0.3) is 5.91 Å². The Balaban J connectivity index is 1.92. The third-order valence-electron chi connectivity index (χ3n) is 4.22. The van der Waals surface area contributed by atoms with Crippen LogP contribution in [0.3, 0.4) is 0 Å². The van der Waals surface area contributed by atoms with Gasteiger partial charge in [0, 0.05) is 16.8 Å². The Labute approximate surface area is 155 Å². The molecule has 5 nitrogen and oxygen atoms in total. The molecule has 0 N–H and O–H groups in total. The van der Waals surface area contributed by atoms with Crippen LogP contribution in [0.5, 0.6) is 0 Å². The number of benzene rings is 2. The molecule has 7 heteroatoms. The van der Waals surface area contributed by atoms with Gasteiger partial charge >= 0.3 is 0 Å². The van der Waals surface area contributed by atoms with E-state index in [4.69, 9.17) is 11.6 Å². The van der Waals surface area contributed by atoms with Crippen molar-refractivity contribution in [1.29, 1.82) is 0 Å². The summed E-state index contributed by atoms with van der Waals surface area (Å²) in [5.41, 5.74) is 0.833. The first-order chi connectivity index (χ1) is 12.5. The normalized spacial score (nSPS) is 16.6. The Morgan fingerprint density at radius 1 is 0.962 bits per heavy atom. The average Bonchev–Trinajstić information content (AvgIpc) is 2.95. The highest BCUT2D eigenvalue weighted by Gasteiger charge is 2.47. The molecule has 4 rings (SSSR count). The Kier molecular flexibility index (Phi) is 4.01. The van der Waals surface area contributed by atoms with Crippen molar-refractivity contribution in [2.24, 2.45) is 0 Å². The van der Waals surface area contributed by atoms with Gasteiger partial charge in [0.1, 0.15) is 5.82 Å². The van der Waals surface area contributed by atoms with Crippen LogP contribution in [-0.2, 0) is 14.6 Å². The lowest BCUT2D eigenvalue weighted by atomic mass is 10.1. The number of pyridine rings is 1. The molecule has 0 spiro atoms. The number of rotatable bonds is 3. The minimum atomic E-state index is -3.92. The fraction of sp³-hybridized carbons (Fsp3) is 0.0526. The average molecular weight is 385 g/mol. The minimum Gasteiger partial charge on any atom is -0.272 e. The van der Waals surface area contributed by atoms with Crippen molar-refractivity contribution in [3.63, 3.8) is 0 Å². The topological polar surface area (TPSA) is 67.3 Å². The van der Waals surface area contributed by atoms with Crippen LogP contribution in [0, 0.1) is 0 Å². The number of amides is 1. The lowest BCUT2D eigenvalue weighted by Crippen LogP contribution is -2.28. The van der Waals surface area contributed by atoms with Gasteiger partial charge in [-0.1, -0.05) is 41.9 Å². The molecule has 1 aliphatic heterocycles. The van der Waals surface area contributed by atoms with E-state index in [0.29, 0.717) is 22.1 Å². The molecule has 1 atom stereocenters. The minimum absolute atomic E-state index is 0.0992. The zero-order valence-corrected chi connectivity index (χ0v) is 15.0. The van der Waals surface area contributed by atoms with Gasteiger partial charge in [0.15, 0.2) is 15.1 Å². The van der Waals surface area contributed by atoms with Crippen molar-refractivity contribution in [2.75, 3.05) is 4.90 Å². The molecule has 0 aliphatic carbocycles. The van der Waals surface area contributed by atoms with Gasteiger partial charge in [-0.25, -0.2) is 13.4 Å². The van der Waals surface area contributed by atoms with Gasteiger partial charge in [-0.2, -0.15) is 0 Å². The zero-order valence-electron chi connectivity index (χ0n) is 13.4. The highest BCUT2D eigenvalue weighted by Crippen LogP contribution is 2.46. The van der Waals surface area contributed by atoms with Gasteiger partial charge in [0.05, 0.1) is 10.6 Å². The molecule has 2 heterocycles. The molecule has 0 bridgehead atoms. The highest BCUT2D eigenvalue weighted by atomic mass is 35.5. The standard InChI is InChI=1S/C19H13ClN2O3S/c20-13-9-10-15-16(12-13)22(17-8-4-5-11-21-17)19(23)18(15)26(24,25)14-6-2-1-3-7-14/h1-12,18H. The second-order valence-electron chi connectivity index (χ2n) is 5.80. The number of anilines is 2. The summed E-state index contributed by atoms with van der Waals surface area (Å²) in [6.07, 6.45) is 1.55. The van der Waals surface area contributed by atoms with E-state index in [1.165, 1.54) is 17.0 Å². The van der Waals surface area contributed by atoms with E-state index in [0.717, 1.165) is 0 Å². The zero-order chi connectivity index (χ0) is 18.3. The van der Waals surface area contributed by atoms with Gasteiger partial charge in [-0.3, -0.25) is 9.69 Å². The fourth-order valence-electron chi connectivity index (χ4n) is 3.07. The largest absolute Gasteiger partial charge is 0.272 e. The number of nitrogens with zero attached hydrogens (tertiary/aromatic N) is 2. The lowest BCUT2D eigenvalue weighted by molar-refractivity contribution is -0.117. The SMILES string of the molecule is O=C1C(S(=O)(=O)c2ccccc2)c2ccc(Cl)cc2N1c1ccccn1. The molecular weight excluding hydrogens is 372 g/mol. The molecule has 2 aromatic carbocycles. The molecular formula is C19H13ClN2O3S. The molecule has 0 fully saturated rings. The monoisotopic (exact) mass is 384 g/mol.